The van der Waals surface area contributed by atoms with Gasteiger partial charge in [0.2, 0.25) is 0 Å². The highest BCUT2D eigenvalue weighted by molar-refractivity contribution is 5.02. The molecule has 0 spiro atoms. The molecule has 3 saturated carbocycles. The summed E-state index contributed by atoms with van der Waals surface area (Å²) in [6.45, 7) is 3.65. The van der Waals surface area contributed by atoms with Crippen LogP contribution < -0.4 is 5.32 Å². The molecule has 0 aromatic rings. The molecule has 0 radical (unpaired) electrons. The Kier molecular flexibility index (Phi) is 5.00. The lowest BCUT2D eigenvalue weighted by atomic mass is 9.70. The SMILES string of the molecule is COCCOCCCC1(CNC2CC2)CC2CCC1C2. The Labute approximate surface area is 123 Å². The number of fused-ring (bicyclic) bond motifs is 2. The van der Waals surface area contributed by atoms with Gasteiger partial charge >= 0.3 is 0 Å². The molecule has 3 rings (SSSR count). The maximum Gasteiger partial charge on any atom is 0.0700 e. The van der Waals surface area contributed by atoms with Crippen LogP contribution in [0.3, 0.4) is 0 Å². The standard InChI is InChI=1S/C17H31NO2/c1-19-9-10-20-8-2-7-17(13-18-16-5-6-16)12-14-3-4-15(17)11-14/h14-16,18H,2-13H2,1H3. The van der Waals surface area contributed by atoms with E-state index in [-0.39, 0.29) is 0 Å². The molecule has 3 atom stereocenters. The van der Waals surface area contributed by atoms with Crippen LogP contribution in [0, 0.1) is 17.3 Å². The van der Waals surface area contributed by atoms with Crippen molar-refractivity contribution in [1.82, 2.24) is 5.32 Å². The lowest BCUT2D eigenvalue weighted by molar-refractivity contribution is 0.0566. The summed E-state index contributed by atoms with van der Waals surface area (Å²) in [5.41, 5.74) is 0.607. The topological polar surface area (TPSA) is 30.5 Å². The van der Waals surface area contributed by atoms with Gasteiger partial charge < -0.3 is 14.8 Å². The number of hydrogen-bond acceptors (Lipinski definition) is 3. The molecule has 3 heteroatoms. The molecule has 0 saturated heterocycles. The van der Waals surface area contributed by atoms with Crippen molar-refractivity contribution in [3.63, 3.8) is 0 Å². The van der Waals surface area contributed by atoms with Crippen molar-refractivity contribution in [2.24, 2.45) is 17.3 Å². The molecule has 3 fully saturated rings. The molecule has 3 aliphatic carbocycles. The molecular weight excluding hydrogens is 250 g/mol. The molecule has 2 bridgehead atoms. The monoisotopic (exact) mass is 281 g/mol. The zero-order valence-electron chi connectivity index (χ0n) is 13.0. The van der Waals surface area contributed by atoms with Crippen LogP contribution in [0.1, 0.15) is 51.4 Å². The van der Waals surface area contributed by atoms with Gasteiger partial charge in [-0.3, -0.25) is 0 Å². The van der Waals surface area contributed by atoms with Crippen LogP contribution in [0.5, 0.6) is 0 Å². The predicted molar refractivity (Wildman–Crippen MR) is 80.8 cm³/mol. The molecule has 0 aliphatic heterocycles. The third-order valence-corrected chi connectivity index (χ3v) is 5.82. The van der Waals surface area contributed by atoms with Crippen molar-refractivity contribution < 1.29 is 9.47 Å². The van der Waals surface area contributed by atoms with Gasteiger partial charge in [-0.2, -0.15) is 0 Å². The van der Waals surface area contributed by atoms with Gasteiger partial charge in [-0.25, -0.2) is 0 Å². The Hall–Kier alpha value is -0.120. The Balaban J connectivity index is 1.43. The lowest BCUT2D eigenvalue weighted by Crippen LogP contribution is -2.39. The quantitative estimate of drug-likeness (QED) is 0.624. The van der Waals surface area contributed by atoms with E-state index in [0.29, 0.717) is 5.41 Å². The first-order valence-corrected chi connectivity index (χ1v) is 8.62. The summed E-state index contributed by atoms with van der Waals surface area (Å²) in [6.07, 6.45) is 11.4. The summed E-state index contributed by atoms with van der Waals surface area (Å²) < 4.78 is 10.7. The first-order chi connectivity index (χ1) is 9.82. The Morgan fingerprint density at radius 1 is 1.10 bits per heavy atom. The van der Waals surface area contributed by atoms with Crippen molar-refractivity contribution in [1.29, 1.82) is 0 Å². The molecule has 3 nitrogen and oxygen atoms in total. The fourth-order valence-corrected chi connectivity index (χ4v) is 4.57. The summed E-state index contributed by atoms with van der Waals surface area (Å²) in [4.78, 5) is 0. The number of rotatable bonds is 10. The van der Waals surface area contributed by atoms with Crippen molar-refractivity contribution >= 4 is 0 Å². The highest BCUT2D eigenvalue weighted by atomic mass is 16.5. The molecule has 20 heavy (non-hydrogen) atoms. The molecule has 3 unspecified atom stereocenters. The highest BCUT2D eigenvalue weighted by Crippen LogP contribution is 2.57. The molecule has 0 heterocycles. The van der Waals surface area contributed by atoms with Gasteiger partial charge in [-0.15, -0.1) is 0 Å². The molecule has 116 valence electrons. The minimum Gasteiger partial charge on any atom is -0.382 e. The van der Waals surface area contributed by atoms with Gasteiger partial charge in [0.15, 0.2) is 0 Å². The number of hydrogen-bond donors (Lipinski definition) is 1. The summed E-state index contributed by atoms with van der Waals surface area (Å²) in [7, 11) is 1.73. The van der Waals surface area contributed by atoms with E-state index in [1.165, 1.54) is 57.9 Å². The molecule has 0 aromatic carbocycles. The fourth-order valence-electron chi connectivity index (χ4n) is 4.57. The van der Waals surface area contributed by atoms with Crippen LogP contribution >= 0.6 is 0 Å². The van der Waals surface area contributed by atoms with Crippen LogP contribution in [-0.4, -0.2) is 39.5 Å². The minimum absolute atomic E-state index is 0.607. The van der Waals surface area contributed by atoms with Crippen LogP contribution in [0.2, 0.25) is 0 Å². The summed E-state index contributed by atoms with van der Waals surface area (Å²) in [6, 6.07) is 0.851. The first kappa shape index (κ1) is 14.8. The number of methoxy groups -OCH3 is 1. The largest absolute Gasteiger partial charge is 0.382 e. The van der Waals surface area contributed by atoms with E-state index in [2.05, 4.69) is 5.32 Å². The van der Waals surface area contributed by atoms with E-state index in [1.54, 1.807) is 7.11 Å². The van der Waals surface area contributed by atoms with Crippen LogP contribution in [0.25, 0.3) is 0 Å². The van der Waals surface area contributed by atoms with E-state index in [4.69, 9.17) is 9.47 Å². The normalized spacial score (nSPS) is 35.9. The van der Waals surface area contributed by atoms with Gasteiger partial charge in [0, 0.05) is 26.3 Å². The summed E-state index contributed by atoms with van der Waals surface area (Å²) in [5.74, 6) is 2.04. The smallest absolute Gasteiger partial charge is 0.0700 e. The van der Waals surface area contributed by atoms with E-state index in [9.17, 15) is 0 Å². The molecular formula is C17H31NO2. The Bertz CT molecular complexity index is 305. The van der Waals surface area contributed by atoms with Crippen LogP contribution in [-0.2, 0) is 9.47 Å². The van der Waals surface area contributed by atoms with E-state index in [0.717, 1.165) is 37.7 Å². The molecule has 3 aliphatic rings. The van der Waals surface area contributed by atoms with Crippen molar-refractivity contribution in [3.05, 3.63) is 0 Å². The zero-order chi connectivity index (χ0) is 13.8. The molecule has 1 N–H and O–H groups in total. The maximum absolute atomic E-state index is 5.65. The lowest BCUT2D eigenvalue weighted by Gasteiger charge is -2.38. The first-order valence-electron chi connectivity index (χ1n) is 8.62. The zero-order valence-corrected chi connectivity index (χ0v) is 13.0. The highest BCUT2D eigenvalue weighted by Gasteiger charge is 2.50. The van der Waals surface area contributed by atoms with Crippen molar-refractivity contribution in [2.45, 2.75) is 57.4 Å². The molecule has 0 aromatic heterocycles. The third-order valence-electron chi connectivity index (χ3n) is 5.82. The predicted octanol–water partition coefficient (Wildman–Crippen LogP) is 2.99. The molecule has 0 amide bonds. The summed E-state index contributed by atoms with van der Waals surface area (Å²) in [5, 5.41) is 3.82. The Morgan fingerprint density at radius 2 is 2.00 bits per heavy atom. The minimum atomic E-state index is 0.607. The Morgan fingerprint density at radius 3 is 2.65 bits per heavy atom. The van der Waals surface area contributed by atoms with Crippen LogP contribution in [0.4, 0.5) is 0 Å². The van der Waals surface area contributed by atoms with Gasteiger partial charge in [-0.1, -0.05) is 6.42 Å². The van der Waals surface area contributed by atoms with Gasteiger partial charge in [-0.05, 0) is 62.2 Å². The average molecular weight is 281 g/mol. The van der Waals surface area contributed by atoms with Crippen molar-refractivity contribution in [2.75, 3.05) is 33.5 Å². The second-order valence-corrected chi connectivity index (χ2v) is 7.31. The number of nitrogens with one attached hydrogen (secondary N) is 1. The second kappa shape index (κ2) is 6.76. The van der Waals surface area contributed by atoms with Gasteiger partial charge in [0.05, 0.1) is 13.2 Å². The van der Waals surface area contributed by atoms with Crippen molar-refractivity contribution in [3.8, 4) is 0 Å². The summed E-state index contributed by atoms with van der Waals surface area (Å²) >= 11 is 0. The number of ether oxygens (including phenoxy) is 2. The fraction of sp³-hybridized carbons (Fsp3) is 1.00. The second-order valence-electron chi connectivity index (χ2n) is 7.31. The van der Waals surface area contributed by atoms with Gasteiger partial charge in [0.1, 0.15) is 0 Å². The van der Waals surface area contributed by atoms with E-state index < -0.39 is 0 Å². The maximum atomic E-state index is 5.65. The van der Waals surface area contributed by atoms with Crippen LogP contribution in [0.15, 0.2) is 0 Å². The van der Waals surface area contributed by atoms with E-state index in [1.807, 2.05) is 0 Å². The third kappa shape index (κ3) is 3.55. The van der Waals surface area contributed by atoms with Gasteiger partial charge in [0.25, 0.3) is 0 Å². The average Bonchev–Trinajstić information content (AvgIpc) is 3.09. The van der Waals surface area contributed by atoms with E-state index >= 15 is 0 Å².